The van der Waals surface area contributed by atoms with Crippen LogP contribution in [0.3, 0.4) is 0 Å². The zero-order valence-electron chi connectivity index (χ0n) is 10.1. The van der Waals surface area contributed by atoms with E-state index in [4.69, 9.17) is 0 Å². The summed E-state index contributed by atoms with van der Waals surface area (Å²) in [5.41, 5.74) is 0.676. The van der Waals surface area contributed by atoms with Crippen molar-refractivity contribution in [2.75, 3.05) is 5.32 Å². The summed E-state index contributed by atoms with van der Waals surface area (Å²) >= 11 is 6.45. The van der Waals surface area contributed by atoms with Crippen molar-refractivity contribution in [2.24, 2.45) is 0 Å². The molecule has 6 heteroatoms. The zero-order valence-corrected chi connectivity index (χ0v) is 13.3. The summed E-state index contributed by atoms with van der Waals surface area (Å²) in [5, 5.41) is 12.1. The fraction of sp³-hybridized carbons (Fsp3) is 0.0714. The Kier molecular flexibility index (Phi) is 4.77. The molecule has 0 spiro atoms. The number of rotatable bonds is 4. The van der Waals surface area contributed by atoms with Gasteiger partial charge in [0.1, 0.15) is 5.82 Å². The molecule has 2 rings (SSSR count). The molecule has 0 aliphatic heterocycles. The number of carboxylic acids is 1. The Morgan fingerprint density at radius 3 is 2.45 bits per heavy atom. The van der Waals surface area contributed by atoms with E-state index in [0.29, 0.717) is 10.2 Å². The third kappa shape index (κ3) is 3.58. The molecule has 0 fully saturated rings. The smallest absolute Gasteiger partial charge is 0.330 e. The lowest BCUT2D eigenvalue weighted by molar-refractivity contribution is -0.138. The number of hydrogen-bond acceptors (Lipinski definition) is 2. The molecule has 3 nitrogen and oxygen atoms in total. The highest BCUT2D eigenvalue weighted by Gasteiger charge is 2.23. The maximum atomic E-state index is 13.9. The lowest BCUT2D eigenvalue weighted by Gasteiger charge is -2.17. The first kappa shape index (κ1) is 15.0. The van der Waals surface area contributed by atoms with E-state index in [1.54, 1.807) is 24.3 Å². The standard InChI is InChI=1S/C14H10Br2FNO2/c15-8-2-1-3-10(6-8)18-13(14(19)20)11-5-4-9(16)7-12(11)17/h1-7,13,18H,(H,19,20). The molecule has 0 aromatic heterocycles. The molecule has 0 aliphatic carbocycles. The van der Waals surface area contributed by atoms with Gasteiger partial charge in [0.15, 0.2) is 6.04 Å². The summed E-state index contributed by atoms with van der Waals surface area (Å²) in [5.74, 6) is -1.72. The van der Waals surface area contributed by atoms with Gasteiger partial charge in [-0.15, -0.1) is 0 Å². The first-order chi connectivity index (χ1) is 9.47. The van der Waals surface area contributed by atoms with Crippen molar-refractivity contribution in [1.82, 2.24) is 0 Å². The second kappa shape index (κ2) is 6.37. The van der Waals surface area contributed by atoms with Crippen LogP contribution in [0.15, 0.2) is 51.4 Å². The number of carbonyl (C=O) groups is 1. The quantitative estimate of drug-likeness (QED) is 0.786. The number of benzene rings is 2. The van der Waals surface area contributed by atoms with Crippen LogP contribution in [0, 0.1) is 5.82 Å². The monoisotopic (exact) mass is 401 g/mol. The maximum absolute atomic E-state index is 13.9. The van der Waals surface area contributed by atoms with Crippen LogP contribution in [0.1, 0.15) is 11.6 Å². The van der Waals surface area contributed by atoms with Gasteiger partial charge in [0.2, 0.25) is 0 Å². The lowest BCUT2D eigenvalue weighted by atomic mass is 10.1. The fourth-order valence-corrected chi connectivity index (χ4v) is 2.49. The Labute approximate surface area is 132 Å². The molecule has 1 unspecified atom stereocenters. The molecule has 0 bridgehead atoms. The van der Waals surface area contributed by atoms with Crippen LogP contribution < -0.4 is 5.32 Å². The van der Waals surface area contributed by atoms with Gasteiger partial charge in [-0.3, -0.25) is 0 Å². The van der Waals surface area contributed by atoms with Gasteiger partial charge < -0.3 is 10.4 Å². The van der Waals surface area contributed by atoms with Gasteiger partial charge in [-0.05, 0) is 30.3 Å². The van der Waals surface area contributed by atoms with E-state index < -0.39 is 17.8 Å². The molecule has 2 aromatic carbocycles. The van der Waals surface area contributed by atoms with E-state index in [9.17, 15) is 14.3 Å². The van der Waals surface area contributed by atoms with Crippen LogP contribution in [0.5, 0.6) is 0 Å². The minimum atomic E-state index is -1.16. The molecule has 2 aromatic rings. The van der Waals surface area contributed by atoms with Crippen molar-refractivity contribution in [3.05, 3.63) is 62.8 Å². The van der Waals surface area contributed by atoms with E-state index in [0.717, 1.165) is 4.47 Å². The molecular weight excluding hydrogens is 393 g/mol. The highest BCUT2D eigenvalue weighted by Crippen LogP contribution is 2.26. The first-order valence-corrected chi connectivity index (χ1v) is 7.26. The van der Waals surface area contributed by atoms with Gasteiger partial charge in [0, 0.05) is 20.2 Å². The first-order valence-electron chi connectivity index (χ1n) is 5.67. The summed E-state index contributed by atoms with van der Waals surface area (Å²) in [6.45, 7) is 0. The maximum Gasteiger partial charge on any atom is 0.330 e. The number of carboxylic acid groups (broad SMARTS) is 1. The van der Waals surface area contributed by atoms with Crippen molar-refractivity contribution < 1.29 is 14.3 Å². The second-order valence-electron chi connectivity index (χ2n) is 4.09. The molecule has 0 amide bonds. The number of nitrogens with one attached hydrogen (secondary N) is 1. The summed E-state index contributed by atoms with van der Waals surface area (Å²) in [6, 6.07) is 10.2. The molecule has 0 saturated carbocycles. The summed E-state index contributed by atoms with van der Waals surface area (Å²) in [4.78, 5) is 11.4. The van der Waals surface area contributed by atoms with Crippen molar-refractivity contribution >= 4 is 43.5 Å². The van der Waals surface area contributed by atoms with Gasteiger partial charge in [-0.2, -0.15) is 0 Å². The molecule has 0 heterocycles. The van der Waals surface area contributed by atoms with Gasteiger partial charge in [0.25, 0.3) is 0 Å². The highest BCUT2D eigenvalue weighted by atomic mass is 79.9. The van der Waals surface area contributed by atoms with E-state index in [2.05, 4.69) is 37.2 Å². The van der Waals surface area contributed by atoms with Crippen LogP contribution >= 0.6 is 31.9 Å². The van der Waals surface area contributed by atoms with Crippen LogP contribution in [-0.4, -0.2) is 11.1 Å². The molecule has 0 saturated heterocycles. The van der Waals surface area contributed by atoms with E-state index in [-0.39, 0.29) is 5.56 Å². The molecular formula is C14H10Br2FNO2. The molecule has 0 radical (unpaired) electrons. The summed E-state index contributed by atoms with van der Waals surface area (Å²) < 4.78 is 15.3. The average molecular weight is 403 g/mol. The van der Waals surface area contributed by atoms with Crippen molar-refractivity contribution in [3.8, 4) is 0 Å². The molecule has 0 aliphatic rings. The SMILES string of the molecule is O=C(O)C(Nc1cccc(Br)c1)c1ccc(Br)cc1F. The predicted octanol–water partition coefficient (Wildman–Crippen LogP) is 4.59. The van der Waals surface area contributed by atoms with Gasteiger partial charge >= 0.3 is 5.97 Å². The van der Waals surface area contributed by atoms with Crippen LogP contribution in [0.2, 0.25) is 0 Å². The van der Waals surface area contributed by atoms with Gasteiger partial charge in [0.05, 0.1) is 0 Å². The Balaban J connectivity index is 2.34. The zero-order chi connectivity index (χ0) is 14.7. The largest absolute Gasteiger partial charge is 0.479 e. The average Bonchev–Trinajstić information content (AvgIpc) is 2.36. The van der Waals surface area contributed by atoms with Crippen LogP contribution in [0.4, 0.5) is 10.1 Å². The topological polar surface area (TPSA) is 49.3 Å². The third-order valence-electron chi connectivity index (χ3n) is 2.66. The Morgan fingerprint density at radius 2 is 1.85 bits per heavy atom. The van der Waals surface area contributed by atoms with Crippen molar-refractivity contribution in [2.45, 2.75) is 6.04 Å². The van der Waals surface area contributed by atoms with Crippen molar-refractivity contribution in [1.29, 1.82) is 0 Å². The van der Waals surface area contributed by atoms with E-state index in [1.165, 1.54) is 12.1 Å². The fourth-order valence-electron chi connectivity index (χ4n) is 1.75. The van der Waals surface area contributed by atoms with E-state index in [1.807, 2.05) is 6.07 Å². The van der Waals surface area contributed by atoms with Crippen LogP contribution in [0.25, 0.3) is 0 Å². The van der Waals surface area contributed by atoms with Gasteiger partial charge in [-0.1, -0.05) is 44.0 Å². The Hall–Kier alpha value is -1.40. The number of hydrogen-bond donors (Lipinski definition) is 2. The molecule has 1 atom stereocenters. The van der Waals surface area contributed by atoms with Crippen LogP contribution in [-0.2, 0) is 4.79 Å². The number of anilines is 1. The summed E-state index contributed by atoms with van der Waals surface area (Å²) in [6.07, 6.45) is 0. The second-order valence-corrected chi connectivity index (χ2v) is 5.92. The lowest BCUT2D eigenvalue weighted by Crippen LogP contribution is -2.21. The molecule has 2 N–H and O–H groups in total. The predicted molar refractivity (Wildman–Crippen MR) is 82.2 cm³/mol. The third-order valence-corrected chi connectivity index (χ3v) is 3.64. The minimum absolute atomic E-state index is 0.0840. The molecule has 20 heavy (non-hydrogen) atoms. The Morgan fingerprint density at radius 1 is 1.15 bits per heavy atom. The summed E-state index contributed by atoms with van der Waals surface area (Å²) in [7, 11) is 0. The highest BCUT2D eigenvalue weighted by molar-refractivity contribution is 9.10. The normalized spacial score (nSPS) is 11.9. The van der Waals surface area contributed by atoms with Gasteiger partial charge in [-0.25, -0.2) is 9.18 Å². The van der Waals surface area contributed by atoms with E-state index >= 15 is 0 Å². The number of halogens is 3. The minimum Gasteiger partial charge on any atom is -0.479 e. The molecule has 104 valence electrons. The number of aliphatic carboxylic acids is 1. The van der Waals surface area contributed by atoms with Crippen molar-refractivity contribution in [3.63, 3.8) is 0 Å². The Bertz CT molecular complexity index is 649.